The Labute approximate surface area is 199 Å². The highest BCUT2D eigenvalue weighted by atomic mass is 16.5. The maximum absolute atomic E-state index is 12.4. The fourth-order valence-electron chi connectivity index (χ4n) is 4.41. The van der Waals surface area contributed by atoms with Crippen LogP contribution in [0.1, 0.15) is 87.9 Å². The first-order valence-corrected chi connectivity index (χ1v) is 12.6. The van der Waals surface area contributed by atoms with Gasteiger partial charge in [0.2, 0.25) is 5.91 Å². The van der Waals surface area contributed by atoms with Crippen molar-refractivity contribution in [3.63, 3.8) is 0 Å². The molecule has 7 nitrogen and oxygen atoms in total. The number of carbonyl (C=O) groups is 2. The van der Waals surface area contributed by atoms with Crippen molar-refractivity contribution >= 4 is 17.5 Å². The summed E-state index contributed by atoms with van der Waals surface area (Å²) in [6.07, 6.45) is 11.3. The van der Waals surface area contributed by atoms with Crippen LogP contribution in [0.15, 0.2) is 18.2 Å². The maximum atomic E-state index is 12.4. The molecule has 1 saturated carbocycles. The van der Waals surface area contributed by atoms with E-state index < -0.39 is 0 Å². The van der Waals surface area contributed by atoms with Crippen LogP contribution in [0.25, 0.3) is 0 Å². The van der Waals surface area contributed by atoms with Crippen molar-refractivity contribution in [3.05, 3.63) is 23.8 Å². The molecule has 1 aliphatic rings. The smallest absolute Gasteiger partial charge is 0.251 e. The van der Waals surface area contributed by atoms with Crippen molar-refractivity contribution in [1.82, 2.24) is 15.5 Å². The summed E-state index contributed by atoms with van der Waals surface area (Å²) in [6, 6.07) is 5.16. The number of rotatable bonds is 15. The molecular weight excluding hydrogens is 416 g/mol. The minimum Gasteiger partial charge on any atom is -0.491 e. The lowest BCUT2D eigenvalue weighted by molar-refractivity contribution is -0.121. The Morgan fingerprint density at radius 2 is 1.82 bits per heavy atom. The Kier molecular flexibility index (Phi) is 11.5. The van der Waals surface area contributed by atoms with E-state index in [0.29, 0.717) is 36.6 Å². The number of ether oxygens (including phenoxy) is 1. The molecule has 0 aromatic heterocycles. The molecule has 1 aromatic carbocycles. The van der Waals surface area contributed by atoms with Gasteiger partial charge in [0.1, 0.15) is 5.75 Å². The third kappa shape index (κ3) is 8.88. The number of likely N-dealkylation sites (N-methyl/N-ethyl adjacent to an activating group) is 1. The number of hydrogen-bond acceptors (Lipinski definition) is 5. The van der Waals surface area contributed by atoms with E-state index in [1.807, 2.05) is 0 Å². The highest BCUT2D eigenvalue weighted by Crippen LogP contribution is 2.33. The van der Waals surface area contributed by atoms with Crippen LogP contribution in [0, 0.1) is 0 Å². The van der Waals surface area contributed by atoms with Crippen LogP contribution in [-0.4, -0.2) is 56.0 Å². The van der Waals surface area contributed by atoms with Gasteiger partial charge in [-0.05, 0) is 64.4 Å². The summed E-state index contributed by atoms with van der Waals surface area (Å²) in [5.41, 5.74) is 7.17. The first-order valence-electron chi connectivity index (χ1n) is 12.6. The van der Waals surface area contributed by atoms with Gasteiger partial charge in [-0.15, -0.1) is 0 Å². The van der Waals surface area contributed by atoms with Crippen molar-refractivity contribution in [1.29, 1.82) is 0 Å². The van der Waals surface area contributed by atoms with Gasteiger partial charge in [0, 0.05) is 30.6 Å². The molecule has 0 radical (unpaired) electrons. The predicted molar refractivity (Wildman–Crippen MR) is 135 cm³/mol. The standard InChI is InChI=1S/C26H44N4O3/c1-4-5-6-11-18-33-23-14-13-21(19-22(23)27)25(32)28-17-10-7-12-24(31)29-20-26(30(2)3)15-8-9-16-26/h13-14,19H,4-12,15-18,20,27H2,1-3H3,(H,28,32)(H,29,31). The molecule has 0 saturated heterocycles. The second-order valence-corrected chi connectivity index (χ2v) is 9.48. The van der Waals surface area contributed by atoms with Crippen molar-refractivity contribution < 1.29 is 14.3 Å². The first-order chi connectivity index (χ1) is 15.9. The molecule has 0 atom stereocenters. The summed E-state index contributed by atoms with van der Waals surface area (Å²) in [4.78, 5) is 26.9. The van der Waals surface area contributed by atoms with Gasteiger partial charge in [0.25, 0.3) is 5.91 Å². The molecule has 7 heteroatoms. The van der Waals surface area contributed by atoms with E-state index in [-0.39, 0.29) is 17.4 Å². The highest BCUT2D eigenvalue weighted by molar-refractivity contribution is 5.95. The van der Waals surface area contributed by atoms with E-state index in [4.69, 9.17) is 10.5 Å². The minimum atomic E-state index is -0.158. The second kappa shape index (κ2) is 14.1. The molecule has 1 fully saturated rings. The molecule has 1 aliphatic carbocycles. The number of amides is 2. The number of nitrogens with one attached hydrogen (secondary N) is 2. The van der Waals surface area contributed by atoms with E-state index in [1.54, 1.807) is 18.2 Å². The number of unbranched alkanes of at least 4 members (excludes halogenated alkanes) is 4. The lowest BCUT2D eigenvalue weighted by Gasteiger charge is -2.36. The largest absolute Gasteiger partial charge is 0.491 e. The van der Waals surface area contributed by atoms with Gasteiger partial charge >= 0.3 is 0 Å². The molecule has 33 heavy (non-hydrogen) atoms. The zero-order valence-corrected chi connectivity index (χ0v) is 20.9. The second-order valence-electron chi connectivity index (χ2n) is 9.48. The molecule has 0 aliphatic heterocycles. The lowest BCUT2D eigenvalue weighted by atomic mass is 9.96. The quantitative estimate of drug-likeness (QED) is 0.270. The van der Waals surface area contributed by atoms with Crippen molar-refractivity contribution in [2.45, 2.75) is 83.1 Å². The molecule has 0 unspecified atom stereocenters. The topological polar surface area (TPSA) is 96.7 Å². The summed E-state index contributed by atoms with van der Waals surface area (Å²) in [5, 5.41) is 6.02. The minimum absolute atomic E-state index is 0.0903. The van der Waals surface area contributed by atoms with Gasteiger partial charge < -0.3 is 26.0 Å². The van der Waals surface area contributed by atoms with Gasteiger partial charge in [-0.3, -0.25) is 9.59 Å². The fourth-order valence-corrected chi connectivity index (χ4v) is 4.41. The van der Waals surface area contributed by atoms with Gasteiger partial charge in [0.05, 0.1) is 12.3 Å². The normalized spacial score (nSPS) is 14.9. The van der Waals surface area contributed by atoms with Crippen molar-refractivity contribution in [2.24, 2.45) is 0 Å². The van der Waals surface area contributed by atoms with Crippen LogP contribution in [-0.2, 0) is 4.79 Å². The highest BCUT2D eigenvalue weighted by Gasteiger charge is 2.35. The Morgan fingerprint density at radius 1 is 1.06 bits per heavy atom. The van der Waals surface area contributed by atoms with Gasteiger partial charge in [-0.2, -0.15) is 0 Å². The summed E-state index contributed by atoms with van der Waals surface area (Å²) < 4.78 is 5.73. The Balaban J connectivity index is 1.62. The van der Waals surface area contributed by atoms with Gasteiger partial charge in [-0.25, -0.2) is 0 Å². The maximum Gasteiger partial charge on any atom is 0.251 e. The average Bonchev–Trinajstić information content (AvgIpc) is 3.28. The predicted octanol–water partition coefficient (Wildman–Crippen LogP) is 4.12. The molecule has 0 bridgehead atoms. The molecule has 1 aromatic rings. The number of hydrogen-bond donors (Lipinski definition) is 3. The van der Waals surface area contributed by atoms with Gasteiger partial charge in [-0.1, -0.05) is 39.0 Å². The first kappa shape index (κ1) is 27.0. The van der Waals surface area contributed by atoms with E-state index >= 15 is 0 Å². The fraction of sp³-hybridized carbons (Fsp3) is 0.692. The molecule has 0 heterocycles. The zero-order valence-electron chi connectivity index (χ0n) is 20.9. The molecule has 186 valence electrons. The van der Waals surface area contributed by atoms with Crippen molar-refractivity contribution in [2.75, 3.05) is 39.5 Å². The number of nitrogens with two attached hydrogens (primary N) is 1. The monoisotopic (exact) mass is 460 g/mol. The molecule has 4 N–H and O–H groups in total. The van der Waals surface area contributed by atoms with E-state index in [1.165, 1.54) is 25.7 Å². The molecule has 0 spiro atoms. The van der Waals surface area contributed by atoms with Crippen LogP contribution >= 0.6 is 0 Å². The van der Waals surface area contributed by atoms with Crippen LogP contribution < -0.4 is 21.1 Å². The number of carbonyl (C=O) groups excluding carboxylic acids is 2. The Morgan fingerprint density at radius 3 is 2.48 bits per heavy atom. The Hall–Kier alpha value is -2.28. The summed E-state index contributed by atoms with van der Waals surface area (Å²) >= 11 is 0. The van der Waals surface area contributed by atoms with E-state index in [0.717, 1.165) is 45.1 Å². The summed E-state index contributed by atoms with van der Waals surface area (Å²) in [5.74, 6) is 0.560. The Bertz CT molecular complexity index is 745. The van der Waals surface area contributed by atoms with Crippen LogP contribution in [0.4, 0.5) is 5.69 Å². The number of nitrogen functional groups attached to an aromatic ring is 1. The van der Waals surface area contributed by atoms with Gasteiger partial charge in [0.15, 0.2) is 0 Å². The number of benzene rings is 1. The third-order valence-electron chi connectivity index (χ3n) is 6.74. The SMILES string of the molecule is CCCCCCOc1ccc(C(=O)NCCCCC(=O)NCC2(N(C)C)CCCC2)cc1N. The van der Waals surface area contributed by atoms with Crippen LogP contribution in [0.5, 0.6) is 5.75 Å². The molecule has 2 amide bonds. The van der Waals surface area contributed by atoms with Crippen molar-refractivity contribution in [3.8, 4) is 5.75 Å². The van der Waals surface area contributed by atoms with Crippen LogP contribution in [0.2, 0.25) is 0 Å². The lowest BCUT2D eigenvalue weighted by Crippen LogP contribution is -2.50. The number of anilines is 1. The number of nitrogens with zero attached hydrogens (tertiary/aromatic N) is 1. The van der Waals surface area contributed by atoms with E-state index in [2.05, 4.69) is 36.6 Å². The average molecular weight is 461 g/mol. The van der Waals surface area contributed by atoms with Crippen LogP contribution in [0.3, 0.4) is 0 Å². The summed E-state index contributed by atoms with van der Waals surface area (Å²) in [7, 11) is 4.20. The zero-order chi connectivity index (χ0) is 24.1. The summed E-state index contributed by atoms with van der Waals surface area (Å²) in [6.45, 7) is 4.07. The third-order valence-corrected chi connectivity index (χ3v) is 6.74. The van der Waals surface area contributed by atoms with E-state index in [9.17, 15) is 9.59 Å². The molecular formula is C26H44N4O3. The molecule has 2 rings (SSSR count).